The Hall–Kier alpha value is -3.13. The summed E-state index contributed by atoms with van der Waals surface area (Å²) in [5.74, 6) is -0.885. The molecule has 0 radical (unpaired) electrons. The van der Waals surface area contributed by atoms with Gasteiger partial charge in [-0.05, 0) is 68.8 Å². The number of aliphatic carboxylic acids is 1. The minimum absolute atomic E-state index is 0. The van der Waals surface area contributed by atoms with Crippen LogP contribution in [0.25, 0.3) is 22.4 Å². The number of hydrogen-bond acceptors (Lipinski definition) is 5. The third-order valence-corrected chi connectivity index (χ3v) is 6.60. The predicted octanol–water partition coefficient (Wildman–Crippen LogP) is 6.36. The van der Waals surface area contributed by atoms with Crippen LogP contribution < -0.4 is 10.1 Å². The second-order valence-corrected chi connectivity index (χ2v) is 10.4. The number of nitrogens with one attached hydrogen (secondary N) is 1. The normalized spacial score (nSPS) is 11.7. The summed E-state index contributed by atoms with van der Waals surface area (Å²) < 4.78 is 5.99. The zero-order chi connectivity index (χ0) is 27.8. The first kappa shape index (κ1) is 32.1. The van der Waals surface area contributed by atoms with Crippen molar-refractivity contribution in [2.75, 3.05) is 27.2 Å². The van der Waals surface area contributed by atoms with Crippen LogP contribution in [0.4, 0.5) is 0 Å². The molecule has 0 spiro atoms. The van der Waals surface area contributed by atoms with Crippen LogP contribution in [-0.4, -0.2) is 60.2 Å². The highest BCUT2D eigenvalue weighted by Gasteiger charge is 2.22. The van der Waals surface area contributed by atoms with E-state index in [1.54, 1.807) is 12.1 Å². The minimum atomic E-state index is -0.966. The molecule has 0 bridgehead atoms. The van der Waals surface area contributed by atoms with E-state index in [4.69, 9.17) is 21.3 Å². The number of carboxylic acids is 1. The van der Waals surface area contributed by atoms with Gasteiger partial charge in [0.2, 0.25) is 0 Å². The molecule has 0 unspecified atom stereocenters. The Labute approximate surface area is 242 Å². The lowest BCUT2D eigenvalue weighted by Crippen LogP contribution is -2.40. The topological polar surface area (TPSA) is 91.8 Å². The van der Waals surface area contributed by atoms with Crippen LogP contribution in [0.1, 0.15) is 42.7 Å². The molecule has 2 aromatic carbocycles. The molecule has 0 saturated carbocycles. The highest BCUT2D eigenvalue weighted by Crippen LogP contribution is 2.36. The van der Waals surface area contributed by atoms with E-state index in [1.807, 2.05) is 77.3 Å². The van der Waals surface area contributed by atoms with Gasteiger partial charge in [0, 0.05) is 23.7 Å². The number of carbonyl (C=O) groups is 2. The van der Waals surface area contributed by atoms with Crippen LogP contribution in [0.3, 0.4) is 0 Å². The van der Waals surface area contributed by atoms with Crippen LogP contribution >= 0.6 is 24.0 Å². The van der Waals surface area contributed by atoms with Gasteiger partial charge in [-0.2, -0.15) is 0 Å². The first-order chi connectivity index (χ1) is 18.1. The molecule has 1 amide bonds. The molecular formula is C30H37Cl2N3O4. The van der Waals surface area contributed by atoms with Gasteiger partial charge >= 0.3 is 5.97 Å². The molecule has 0 fully saturated rings. The summed E-state index contributed by atoms with van der Waals surface area (Å²) in [6.45, 7) is 7.19. The lowest BCUT2D eigenvalue weighted by molar-refractivity contribution is -0.137. The SMILES string of the molecule is Cc1ccccc1-c1ccc(C(=O)N[C@@H](CC(=O)O)C(C)C)nc1-c1ccc(Cl)c(OCCCN(C)C)c1.Cl. The van der Waals surface area contributed by atoms with Gasteiger partial charge in [-0.15, -0.1) is 12.4 Å². The molecule has 0 saturated heterocycles. The van der Waals surface area contributed by atoms with Gasteiger partial charge < -0.3 is 20.1 Å². The fourth-order valence-corrected chi connectivity index (χ4v) is 4.28. The Morgan fingerprint density at radius 1 is 1.08 bits per heavy atom. The third-order valence-electron chi connectivity index (χ3n) is 6.29. The monoisotopic (exact) mass is 573 g/mol. The maximum Gasteiger partial charge on any atom is 0.305 e. The fourth-order valence-electron chi connectivity index (χ4n) is 4.11. The molecule has 3 aromatic rings. The second-order valence-electron chi connectivity index (χ2n) is 9.98. The summed E-state index contributed by atoms with van der Waals surface area (Å²) in [5, 5.41) is 12.6. The van der Waals surface area contributed by atoms with Crippen LogP contribution in [0, 0.1) is 12.8 Å². The number of aryl methyl sites for hydroxylation is 1. The van der Waals surface area contributed by atoms with Crippen molar-refractivity contribution in [1.82, 2.24) is 15.2 Å². The molecule has 0 aliphatic heterocycles. The predicted molar refractivity (Wildman–Crippen MR) is 159 cm³/mol. The van der Waals surface area contributed by atoms with Crippen molar-refractivity contribution in [3.8, 4) is 28.1 Å². The highest BCUT2D eigenvalue weighted by atomic mass is 35.5. The highest BCUT2D eigenvalue weighted by molar-refractivity contribution is 6.32. The maximum atomic E-state index is 13.2. The van der Waals surface area contributed by atoms with Gasteiger partial charge in [-0.1, -0.05) is 55.8 Å². The van der Waals surface area contributed by atoms with E-state index >= 15 is 0 Å². The van der Waals surface area contributed by atoms with E-state index in [0.717, 1.165) is 35.2 Å². The summed E-state index contributed by atoms with van der Waals surface area (Å²) >= 11 is 6.45. The smallest absolute Gasteiger partial charge is 0.305 e. The van der Waals surface area contributed by atoms with E-state index in [0.29, 0.717) is 23.1 Å². The van der Waals surface area contributed by atoms with E-state index in [-0.39, 0.29) is 30.4 Å². The van der Waals surface area contributed by atoms with Crippen molar-refractivity contribution >= 4 is 35.9 Å². The third kappa shape index (κ3) is 8.95. The number of pyridine rings is 1. The largest absolute Gasteiger partial charge is 0.492 e. The van der Waals surface area contributed by atoms with Gasteiger partial charge in [-0.3, -0.25) is 9.59 Å². The van der Waals surface area contributed by atoms with Crippen molar-refractivity contribution in [2.24, 2.45) is 5.92 Å². The average molecular weight is 575 g/mol. The zero-order valence-electron chi connectivity index (χ0n) is 23.0. The van der Waals surface area contributed by atoms with E-state index in [2.05, 4.69) is 10.2 Å². The second kappa shape index (κ2) is 14.9. The molecule has 9 heteroatoms. The number of rotatable bonds is 12. The van der Waals surface area contributed by atoms with Crippen LogP contribution in [0.15, 0.2) is 54.6 Å². The van der Waals surface area contributed by atoms with Gasteiger partial charge in [-0.25, -0.2) is 4.98 Å². The Balaban J connectivity index is 0.00000533. The standard InChI is InChI=1S/C30H36ClN3O4.ClH/c1-19(2)26(18-28(35)36)33-30(37)25-14-12-23(22-10-7-6-9-20(22)3)29(32-25)21-11-13-24(31)27(17-21)38-16-8-15-34(4)5;/h6-7,9-14,17,19,26H,8,15-16,18H2,1-5H3,(H,33,37)(H,35,36);1H/t26-;/m0./s1. The molecule has 1 heterocycles. The number of nitrogens with zero attached hydrogens (tertiary/aromatic N) is 2. The summed E-state index contributed by atoms with van der Waals surface area (Å²) in [6, 6.07) is 16.5. The van der Waals surface area contributed by atoms with Gasteiger partial charge in [0.25, 0.3) is 5.91 Å². The Morgan fingerprint density at radius 2 is 1.79 bits per heavy atom. The van der Waals surface area contributed by atoms with Gasteiger partial charge in [0.1, 0.15) is 11.4 Å². The number of amides is 1. The summed E-state index contributed by atoms with van der Waals surface area (Å²) in [7, 11) is 4.03. The molecule has 39 heavy (non-hydrogen) atoms. The molecule has 1 aromatic heterocycles. The number of carboxylic acid groups (broad SMARTS) is 1. The number of carbonyl (C=O) groups excluding carboxylic acids is 1. The zero-order valence-corrected chi connectivity index (χ0v) is 24.6. The average Bonchev–Trinajstić information content (AvgIpc) is 2.86. The Morgan fingerprint density at radius 3 is 2.44 bits per heavy atom. The number of halogens is 2. The number of ether oxygens (including phenoxy) is 1. The van der Waals surface area contributed by atoms with Crippen molar-refractivity contribution in [3.63, 3.8) is 0 Å². The number of aromatic nitrogens is 1. The van der Waals surface area contributed by atoms with Crippen LogP contribution in [0.2, 0.25) is 5.02 Å². The molecule has 0 aliphatic rings. The molecule has 210 valence electrons. The van der Waals surface area contributed by atoms with Crippen molar-refractivity contribution in [1.29, 1.82) is 0 Å². The Bertz CT molecular complexity index is 1280. The summed E-state index contributed by atoms with van der Waals surface area (Å²) in [6.07, 6.45) is 0.687. The first-order valence-electron chi connectivity index (χ1n) is 12.7. The summed E-state index contributed by atoms with van der Waals surface area (Å²) in [4.78, 5) is 31.3. The van der Waals surface area contributed by atoms with Crippen molar-refractivity contribution in [2.45, 2.75) is 39.7 Å². The van der Waals surface area contributed by atoms with Crippen LogP contribution in [0.5, 0.6) is 5.75 Å². The number of benzene rings is 2. The molecule has 0 aliphatic carbocycles. The molecular weight excluding hydrogens is 537 g/mol. The number of hydrogen-bond donors (Lipinski definition) is 2. The van der Waals surface area contributed by atoms with Gasteiger partial charge in [0.15, 0.2) is 0 Å². The quantitative estimate of drug-likeness (QED) is 0.245. The van der Waals surface area contributed by atoms with E-state index < -0.39 is 17.9 Å². The lowest BCUT2D eigenvalue weighted by Gasteiger charge is -2.21. The van der Waals surface area contributed by atoms with Crippen molar-refractivity contribution in [3.05, 3.63) is 70.9 Å². The Kier molecular flexibility index (Phi) is 12.2. The van der Waals surface area contributed by atoms with Gasteiger partial charge in [0.05, 0.1) is 23.7 Å². The lowest BCUT2D eigenvalue weighted by atomic mass is 9.95. The summed E-state index contributed by atoms with van der Waals surface area (Å²) in [5.41, 5.74) is 4.51. The molecule has 2 N–H and O–H groups in total. The minimum Gasteiger partial charge on any atom is -0.492 e. The fraction of sp³-hybridized carbons (Fsp3) is 0.367. The first-order valence-corrected chi connectivity index (χ1v) is 13.1. The maximum absolute atomic E-state index is 13.2. The van der Waals surface area contributed by atoms with Crippen LogP contribution in [-0.2, 0) is 4.79 Å². The van der Waals surface area contributed by atoms with E-state index in [1.165, 1.54) is 0 Å². The molecule has 7 nitrogen and oxygen atoms in total. The van der Waals surface area contributed by atoms with Crippen molar-refractivity contribution < 1.29 is 19.4 Å². The molecule has 1 atom stereocenters. The van der Waals surface area contributed by atoms with E-state index in [9.17, 15) is 14.7 Å². The molecule has 3 rings (SSSR count).